The molecule has 106 valence electrons. The van der Waals surface area contributed by atoms with Crippen LogP contribution in [0.3, 0.4) is 0 Å². The third-order valence-corrected chi connectivity index (χ3v) is 3.22. The first-order chi connectivity index (χ1) is 9.51. The Morgan fingerprint density at radius 2 is 2.25 bits per heavy atom. The fourth-order valence-electron chi connectivity index (χ4n) is 1.72. The van der Waals surface area contributed by atoms with Gasteiger partial charge in [-0.3, -0.25) is 14.8 Å². The minimum Gasteiger partial charge on any atom is -0.382 e. The molecule has 0 aliphatic carbocycles. The second kappa shape index (κ2) is 5.87. The van der Waals surface area contributed by atoms with Crippen molar-refractivity contribution in [2.45, 2.75) is 6.54 Å². The highest BCUT2D eigenvalue weighted by atomic mass is 79.9. The predicted octanol–water partition coefficient (Wildman–Crippen LogP) is 2.14. The van der Waals surface area contributed by atoms with Crippen molar-refractivity contribution >= 4 is 33.0 Å². The second-order valence-corrected chi connectivity index (χ2v) is 4.90. The first-order valence-electron chi connectivity index (χ1n) is 5.75. The van der Waals surface area contributed by atoms with Crippen molar-refractivity contribution in [1.29, 1.82) is 0 Å². The molecule has 0 aliphatic heterocycles. The Morgan fingerprint density at radius 1 is 1.50 bits per heavy atom. The van der Waals surface area contributed by atoms with Crippen molar-refractivity contribution in [3.8, 4) is 0 Å². The molecule has 2 aromatic rings. The molecule has 9 heteroatoms. The maximum Gasteiger partial charge on any atom is 0.306 e. The van der Waals surface area contributed by atoms with Crippen LogP contribution in [0.4, 0.5) is 17.1 Å². The Morgan fingerprint density at radius 3 is 2.80 bits per heavy atom. The number of rotatable bonds is 5. The average molecular weight is 341 g/mol. The van der Waals surface area contributed by atoms with E-state index in [-0.39, 0.29) is 5.69 Å². The van der Waals surface area contributed by atoms with Crippen molar-refractivity contribution in [2.75, 3.05) is 17.7 Å². The summed E-state index contributed by atoms with van der Waals surface area (Å²) in [5, 5.41) is 21.1. The van der Waals surface area contributed by atoms with Crippen LogP contribution >= 0.6 is 15.9 Å². The summed E-state index contributed by atoms with van der Waals surface area (Å²) in [4.78, 5) is 14.7. The molecule has 2 rings (SSSR count). The number of nitro groups is 1. The van der Waals surface area contributed by atoms with Gasteiger partial charge in [0.15, 0.2) is 5.82 Å². The van der Waals surface area contributed by atoms with Gasteiger partial charge >= 0.3 is 5.69 Å². The van der Waals surface area contributed by atoms with Gasteiger partial charge in [0.2, 0.25) is 0 Å². The van der Waals surface area contributed by atoms with Gasteiger partial charge in [-0.25, -0.2) is 4.98 Å². The van der Waals surface area contributed by atoms with E-state index in [4.69, 9.17) is 0 Å². The number of nitrogens with zero attached hydrogens (tertiary/aromatic N) is 4. The Bertz CT molecular complexity index is 642. The van der Waals surface area contributed by atoms with Gasteiger partial charge in [0, 0.05) is 19.8 Å². The van der Waals surface area contributed by atoms with Crippen LogP contribution in [0, 0.1) is 10.1 Å². The van der Waals surface area contributed by atoms with Crippen LogP contribution in [0.5, 0.6) is 0 Å². The molecule has 0 unspecified atom stereocenters. The minimum atomic E-state index is -0.431. The summed E-state index contributed by atoms with van der Waals surface area (Å²) < 4.78 is 2.02. The van der Waals surface area contributed by atoms with E-state index in [1.165, 1.54) is 0 Å². The van der Waals surface area contributed by atoms with E-state index in [9.17, 15) is 10.1 Å². The number of nitro benzene ring substituents is 1. The molecule has 0 fully saturated rings. The zero-order chi connectivity index (χ0) is 14.7. The van der Waals surface area contributed by atoms with Crippen LogP contribution < -0.4 is 10.6 Å². The van der Waals surface area contributed by atoms with Gasteiger partial charge < -0.3 is 10.6 Å². The lowest BCUT2D eigenvalue weighted by Crippen LogP contribution is -2.04. The fraction of sp³-hybridized carbons (Fsp3) is 0.273. The molecule has 0 spiro atoms. The molecule has 8 nitrogen and oxygen atoms in total. The lowest BCUT2D eigenvalue weighted by Gasteiger charge is -2.09. The summed E-state index contributed by atoms with van der Waals surface area (Å²) >= 11 is 3.21. The first kappa shape index (κ1) is 14.3. The molecular formula is C11H13BrN6O2. The number of nitrogens with one attached hydrogen (secondary N) is 2. The molecule has 0 amide bonds. The highest BCUT2D eigenvalue weighted by molar-refractivity contribution is 9.10. The third-order valence-electron chi connectivity index (χ3n) is 2.61. The van der Waals surface area contributed by atoms with Gasteiger partial charge in [-0.2, -0.15) is 5.10 Å². The number of halogens is 1. The zero-order valence-corrected chi connectivity index (χ0v) is 12.5. The van der Waals surface area contributed by atoms with E-state index in [1.807, 2.05) is 0 Å². The van der Waals surface area contributed by atoms with E-state index >= 15 is 0 Å². The maximum absolute atomic E-state index is 11.0. The molecule has 1 heterocycles. The van der Waals surface area contributed by atoms with E-state index in [0.717, 1.165) is 5.69 Å². The average Bonchev–Trinajstić information content (AvgIpc) is 2.80. The molecule has 0 aliphatic rings. The molecule has 20 heavy (non-hydrogen) atoms. The summed E-state index contributed by atoms with van der Waals surface area (Å²) in [5.74, 6) is 0.646. The molecule has 2 N–H and O–H groups in total. The molecule has 0 saturated heterocycles. The van der Waals surface area contributed by atoms with Crippen molar-refractivity contribution in [1.82, 2.24) is 14.8 Å². The lowest BCUT2D eigenvalue weighted by molar-refractivity contribution is -0.384. The third kappa shape index (κ3) is 3.05. The van der Waals surface area contributed by atoms with Gasteiger partial charge in [0.25, 0.3) is 0 Å². The fourth-order valence-corrected chi connectivity index (χ4v) is 2.33. The molecule has 1 aromatic heterocycles. The van der Waals surface area contributed by atoms with Gasteiger partial charge in [0.05, 0.1) is 15.9 Å². The molecule has 0 atom stereocenters. The normalized spacial score (nSPS) is 10.3. The standard InChI is InChI=1S/C11H13BrN6O2/c1-13-9-4-7(3-8(12)11(9)18(19)20)14-5-10-15-6-17(2)16-10/h3-4,6,13-14H,5H2,1-2H3. The van der Waals surface area contributed by atoms with Gasteiger partial charge in [0.1, 0.15) is 12.0 Å². The summed E-state index contributed by atoms with van der Waals surface area (Å²) in [7, 11) is 3.43. The number of hydrogen-bond donors (Lipinski definition) is 2. The smallest absolute Gasteiger partial charge is 0.306 e. The van der Waals surface area contributed by atoms with E-state index in [2.05, 4.69) is 36.6 Å². The monoisotopic (exact) mass is 340 g/mol. The second-order valence-electron chi connectivity index (χ2n) is 4.05. The Hall–Kier alpha value is -2.16. The summed E-state index contributed by atoms with van der Waals surface area (Å²) in [6.07, 6.45) is 1.61. The molecule has 1 aromatic carbocycles. The molecule has 0 bridgehead atoms. The molecular weight excluding hydrogens is 328 g/mol. The lowest BCUT2D eigenvalue weighted by atomic mass is 10.2. The number of benzene rings is 1. The zero-order valence-electron chi connectivity index (χ0n) is 10.9. The number of aryl methyl sites for hydroxylation is 1. The molecule has 0 saturated carbocycles. The van der Waals surface area contributed by atoms with Crippen LogP contribution in [0.25, 0.3) is 0 Å². The summed E-state index contributed by atoms with van der Waals surface area (Å²) in [6, 6.07) is 3.33. The topological polar surface area (TPSA) is 97.9 Å². The van der Waals surface area contributed by atoms with Gasteiger partial charge in [-0.15, -0.1) is 0 Å². The summed E-state index contributed by atoms with van der Waals surface area (Å²) in [6.45, 7) is 0.439. The first-order valence-corrected chi connectivity index (χ1v) is 6.54. The van der Waals surface area contributed by atoms with Crippen LogP contribution in [-0.2, 0) is 13.6 Å². The van der Waals surface area contributed by atoms with Crippen molar-refractivity contribution in [3.63, 3.8) is 0 Å². The number of anilines is 2. The van der Waals surface area contributed by atoms with Crippen molar-refractivity contribution in [2.24, 2.45) is 7.05 Å². The maximum atomic E-state index is 11.0. The highest BCUT2D eigenvalue weighted by Gasteiger charge is 2.19. The Balaban J connectivity index is 2.20. The SMILES string of the molecule is CNc1cc(NCc2ncn(C)n2)cc(Br)c1[N+](=O)[O-]. The van der Waals surface area contributed by atoms with E-state index in [0.29, 0.717) is 22.5 Å². The van der Waals surface area contributed by atoms with Crippen LogP contribution in [0.15, 0.2) is 22.9 Å². The Labute approximate surface area is 123 Å². The van der Waals surface area contributed by atoms with E-state index < -0.39 is 4.92 Å². The van der Waals surface area contributed by atoms with Crippen molar-refractivity contribution in [3.05, 3.63) is 38.9 Å². The van der Waals surface area contributed by atoms with Crippen LogP contribution in [0.1, 0.15) is 5.82 Å². The quantitative estimate of drug-likeness (QED) is 0.639. The van der Waals surface area contributed by atoms with Gasteiger partial charge in [-0.1, -0.05) is 0 Å². The minimum absolute atomic E-state index is 0.00834. The highest BCUT2D eigenvalue weighted by Crippen LogP contribution is 2.35. The van der Waals surface area contributed by atoms with Crippen LogP contribution in [0.2, 0.25) is 0 Å². The summed E-state index contributed by atoms with van der Waals surface area (Å²) in [5.41, 5.74) is 1.18. The van der Waals surface area contributed by atoms with E-state index in [1.54, 1.807) is 37.2 Å². The number of hydrogen-bond acceptors (Lipinski definition) is 6. The molecule has 0 radical (unpaired) electrons. The van der Waals surface area contributed by atoms with Gasteiger partial charge in [-0.05, 0) is 28.1 Å². The predicted molar refractivity (Wildman–Crippen MR) is 78.7 cm³/mol. The Kier molecular flexibility index (Phi) is 4.18. The van der Waals surface area contributed by atoms with Crippen molar-refractivity contribution < 1.29 is 4.92 Å². The number of aromatic nitrogens is 3. The van der Waals surface area contributed by atoms with Crippen LogP contribution in [-0.4, -0.2) is 26.7 Å². The largest absolute Gasteiger partial charge is 0.382 e.